The van der Waals surface area contributed by atoms with Crippen molar-refractivity contribution >= 4 is 36.0 Å². The van der Waals surface area contributed by atoms with Gasteiger partial charge in [0.1, 0.15) is 24.1 Å². The van der Waals surface area contributed by atoms with Gasteiger partial charge in [-0.1, -0.05) is 18.9 Å². The first-order valence-electron chi connectivity index (χ1n) is 12.5. The van der Waals surface area contributed by atoms with Crippen molar-refractivity contribution in [3.8, 4) is 0 Å². The zero-order chi connectivity index (χ0) is 27.8. The number of pyridine rings is 1. The molecule has 0 spiro atoms. The molecule has 1 saturated heterocycles. The second-order valence-electron chi connectivity index (χ2n) is 9.80. The lowest BCUT2D eigenvalue weighted by atomic mass is 10.1. The maximum absolute atomic E-state index is 12.4. The van der Waals surface area contributed by atoms with Crippen molar-refractivity contribution in [2.75, 3.05) is 18.5 Å². The summed E-state index contributed by atoms with van der Waals surface area (Å²) in [5.41, 5.74) is 0.547. The van der Waals surface area contributed by atoms with Crippen molar-refractivity contribution in [1.82, 2.24) is 24.7 Å². The zero-order valence-electron chi connectivity index (χ0n) is 20.7. The predicted octanol–water partition coefficient (Wildman–Crippen LogP) is 0.974. The van der Waals surface area contributed by atoms with Gasteiger partial charge in [-0.3, -0.25) is 9.55 Å². The molecule has 39 heavy (non-hydrogen) atoms. The normalized spacial score (nSPS) is 25.8. The summed E-state index contributed by atoms with van der Waals surface area (Å²) >= 11 is 6.18. The molecule has 5 atom stereocenters. The first-order valence-corrected chi connectivity index (χ1v) is 14.5. The van der Waals surface area contributed by atoms with Crippen LogP contribution in [-0.2, 0) is 20.5 Å². The second kappa shape index (κ2) is 11.3. The third-order valence-electron chi connectivity index (χ3n) is 7.18. The predicted molar refractivity (Wildman–Crippen MR) is 138 cm³/mol. The number of aliphatic hydroxyl groups is 3. The first kappa shape index (κ1) is 28.3. The van der Waals surface area contributed by atoms with Gasteiger partial charge in [0.05, 0.1) is 24.8 Å². The fourth-order valence-electron chi connectivity index (χ4n) is 4.98. The van der Waals surface area contributed by atoms with Crippen LogP contribution < -0.4 is 5.32 Å². The number of aromatic nitrogens is 5. The molecule has 212 valence electrons. The van der Waals surface area contributed by atoms with Crippen LogP contribution in [0.4, 0.5) is 5.82 Å². The summed E-state index contributed by atoms with van der Waals surface area (Å²) in [7, 11) is -5.05. The van der Waals surface area contributed by atoms with Crippen LogP contribution in [0.3, 0.4) is 0 Å². The molecular formula is C23H30ClN6O8P. The topological polar surface area (TPSA) is 205 Å². The molecule has 0 bridgehead atoms. The number of rotatable bonds is 10. The maximum atomic E-state index is 12.4. The van der Waals surface area contributed by atoms with Crippen LogP contribution in [-0.4, -0.2) is 92.7 Å². The standard InChI is InChI=1S/C23H30ClN6O8P/c24-22-28-19(27-13-5-1-2-6-13)15-10-26-30(20(15)29-22)21-18(33)17(32)16(38-21)11-37-23(12-31,39(34,35)36)9-14-7-3-4-8-25-14/h3-4,7-8,10,13,16-18,21,31-33H,1-2,5-6,9,11-12H2,(H,27,28,29)(H2,34,35,36)/t16-,17-,18-,21-,23?/m1/s1. The summed E-state index contributed by atoms with van der Waals surface area (Å²) in [5.74, 6) is 0.500. The molecule has 1 unspecified atom stereocenters. The Morgan fingerprint density at radius 3 is 2.64 bits per heavy atom. The summed E-state index contributed by atoms with van der Waals surface area (Å²) in [5, 5.41) is 37.4. The Morgan fingerprint density at radius 2 is 1.97 bits per heavy atom. The van der Waals surface area contributed by atoms with Crippen molar-refractivity contribution < 1.29 is 39.1 Å². The number of aliphatic hydroxyl groups excluding tert-OH is 3. The van der Waals surface area contributed by atoms with Crippen LogP contribution in [0.2, 0.25) is 5.28 Å². The lowest BCUT2D eigenvalue weighted by Gasteiger charge is -2.33. The Hall–Kier alpha value is -2.26. The average Bonchev–Trinajstić information content (AvgIpc) is 3.63. The van der Waals surface area contributed by atoms with E-state index in [1.54, 1.807) is 12.1 Å². The molecule has 0 amide bonds. The van der Waals surface area contributed by atoms with Crippen LogP contribution in [0, 0.1) is 0 Å². The van der Waals surface area contributed by atoms with E-state index >= 15 is 0 Å². The molecular weight excluding hydrogens is 555 g/mol. The fourth-order valence-corrected chi connectivity index (χ4v) is 5.94. The van der Waals surface area contributed by atoms with Gasteiger partial charge >= 0.3 is 7.60 Å². The van der Waals surface area contributed by atoms with Gasteiger partial charge in [-0.25, -0.2) is 4.68 Å². The molecule has 0 aromatic carbocycles. The summed E-state index contributed by atoms with van der Waals surface area (Å²) in [6.07, 6.45) is 1.34. The van der Waals surface area contributed by atoms with E-state index in [0.717, 1.165) is 25.7 Å². The zero-order valence-corrected chi connectivity index (χ0v) is 22.4. The molecule has 1 aliphatic carbocycles. The smallest absolute Gasteiger partial charge is 0.359 e. The van der Waals surface area contributed by atoms with Gasteiger partial charge in [-0.15, -0.1) is 0 Å². The number of anilines is 1. The van der Waals surface area contributed by atoms with Gasteiger partial charge in [0.15, 0.2) is 17.2 Å². The first-order chi connectivity index (χ1) is 18.6. The highest BCUT2D eigenvalue weighted by atomic mass is 35.5. The van der Waals surface area contributed by atoms with E-state index in [0.29, 0.717) is 11.2 Å². The summed E-state index contributed by atoms with van der Waals surface area (Å²) in [6.45, 7) is -1.59. The van der Waals surface area contributed by atoms with E-state index in [4.69, 9.17) is 21.1 Å². The lowest BCUT2D eigenvalue weighted by molar-refractivity contribution is -0.109. The van der Waals surface area contributed by atoms with E-state index in [2.05, 4.69) is 25.4 Å². The van der Waals surface area contributed by atoms with Gasteiger partial charge in [-0.2, -0.15) is 15.1 Å². The summed E-state index contributed by atoms with van der Waals surface area (Å²) in [4.78, 5) is 32.7. The Bertz CT molecular complexity index is 1340. The molecule has 1 aliphatic heterocycles. The number of nitrogens with zero attached hydrogens (tertiary/aromatic N) is 5. The monoisotopic (exact) mass is 584 g/mol. The fraction of sp³-hybridized carbons (Fsp3) is 0.565. The summed E-state index contributed by atoms with van der Waals surface area (Å²) in [6, 6.07) is 5.05. The molecule has 0 radical (unpaired) electrons. The van der Waals surface area contributed by atoms with E-state index < -0.39 is 57.1 Å². The SMILES string of the molecule is O=P(O)(O)C(CO)(Cc1ccccn1)OC[C@H]1O[C@@H](n2ncc3c(NC4CCCC4)nc(Cl)nc32)[C@H](O)[C@@H]1O. The number of hydrogen-bond donors (Lipinski definition) is 6. The number of fused-ring (bicyclic) bond motifs is 1. The highest BCUT2D eigenvalue weighted by Crippen LogP contribution is 2.53. The average molecular weight is 585 g/mol. The van der Waals surface area contributed by atoms with Crippen molar-refractivity contribution in [2.45, 2.75) is 68.0 Å². The van der Waals surface area contributed by atoms with E-state index in [-0.39, 0.29) is 22.7 Å². The Kier molecular flexibility index (Phi) is 8.20. The Balaban J connectivity index is 1.36. The lowest BCUT2D eigenvalue weighted by Crippen LogP contribution is -2.43. The van der Waals surface area contributed by atoms with E-state index in [9.17, 15) is 29.7 Å². The second-order valence-corrected chi connectivity index (χ2v) is 12.0. The van der Waals surface area contributed by atoms with Crippen LogP contribution in [0.1, 0.15) is 37.6 Å². The molecule has 5 rings (SSSR count). The minimum atomic E-state index is -5.05. The van der Waals surface area contributed by atoms with E-state index in [1.807, 2.05) is 0 Å². The van der Waals surface area contributed by atoms with E-state index in [1.165, 1.54) is 23.1 Å². The van der Waals surface area contributed by atoms with Gasteiger partial charge in [0, 0.05) is 24.4 Å². The summed E-state index contributed by atoms with van der Waals surface area (Å²) < 4.78 is 25.1. The van der Waals surface area contributed by atoms with Gasteiger partial charge in [0.25, 0.3) is 0 Å². The maximum Gasteiger partial charge on any atom is 0.359 e. The molecule has 4 heterocycles. The molecule has 16 heteroatoms. The van der Waals surface area contributed by atoms with Gasteiger partial charge < -0.3 is 39.9 Å². The minimum absolute atomic E-state index is 0.0402. The molecule has 2 aliphatic rings. The van der Waals surface area contributed by atoms with Crippen molar-refractivity contribution in [2.24, 2.45) is 0 Å². The number of nitrogens with one attached hydrogen (secondary N) is 1. The Labute approximate surface area is 228 Å². The van der Waals surface area contributed by atoms with Crippen LogP contribution >= 0.6 is 19.2 Å². The largest absolute Gasteiger partial charge is 0.393 e. The van der Waals surface area contributed by atoms with Crippen LogP contribution in [0.25, 0.3) is 11.0 Å². The van der Waals surface area contributed by atoms with Gasteiger partial charge in [-0.05, 0) is 36.6 Å². The van der Waals surface area contributed by atoms with Crippen molar-refractivity contribution in [3.05, 3.63) is 41.6 Å². The number of hydrogen-bond acceptors (Lipinski definition) is 11. The van der Waals surface area contributed by atoms with Crippen molar-refractivity contribution in [1.29, 1.82) is 0 Å². The Morgan fingerprint density at radius 1 is 1.21 bits per heavy atom. The molecule has 2 fully saturated rings. The number of ether oxygens (including phenoxy) is 2. The van der Waals surface area contributed by atoms with Crippen LogP contribution in [0.5, 0.6) is 0 Å². The molecule has 1 saturated carbocycles. The minimum Gasteiger partial charge on any atom is -0.393 e. The molecule has 3 aromatic heterocycles. The third kappa shape index (κ3) is 5.67. The molecule has 3 aromatic rings. The van der Waals surface area contributed by atoms with Gasteiger partial charge in [0.2, 0.25) is 5.28 Å². The van der Waals surface area contributed by atoms with Crippen LogP contribution in [0.15, 0.2) is 30.6 Å². The highest BCUT2D eigenvalue weighted by Gasteiger charge is 2.51. The number of halogens is 1. The quantitative estimate of drug-likeness (QED) is 0.145. The molecule has 6 N–H and O–H groups in total. The molecule has 14 nitrogen and oxygen atoms in total. The highest BCUT2D eigenvalue weighted by molar-refractivity contribution is 7.53. The third-order valence-corrected chi connectivity index (χ3v) is 8.84. The van der Waals surface area contributed by atoms with Crippen molar-refractivity contribution in [3.63, 3.8) is 0 Å².